The monoisotopic (exact) mass is 790 g/mol. The summed E-state index contributed by atoms with van der Waals surface area (Å²) in [4.78, 5) is 32.0. The average Bonchev–Trinajstić information content (AvgIpc) is 3.94. The van der Waals surface area contributed by atoms with E-state index in [0.29, 0.717) is 49.6 Å². The summed E-state index contributed by atoms with van der Waals surface area (Å²) in [6.07, 6.45) is 8.83. The number of likely N-dealkylation sites (N-methyl/N-ethyl adjacent to an activating group) is 1. The van der Waals surface area contributed by atoms with E-state index in [1.807, 2.05) is 33.9 Å². The Balaban J connectivity index is 0.000000169. The molecule has 0 unspecified atom stereocenters. The van der Waals surface area contributed by atoms with Gasteiger partial charge in [-0.1, -0.05) is 10.3 Å². The van der Waals surface area contributed by atoms with E-state index in [2.05, 4.69) is 30.5 Å². The number of nitrogens with two attached hydrogens (primary N) is 1. The van der Waals surface area contributed by atoms with Crippen LogP contribution in [0.1, 0.15) is 86.4 Å². The first-order chi connectivity index (χ1) is 26.4. The van der Waals surface area contributed by atoms with Gasteiger partial charge in [0.15, 0.2) is 5.96 Å². The van der Waals surface area contributed by atoms with E-state index in [1.54, 1.807) is 0 Å². The van der Waals surface area contributed by atoms with Gasteiger partial charge in [0.25, 0.3) is 0 Å². The van der Waals surface area contributed by atoms with Crippen LogP contribution in [0.3, 0.4) is 0 Å². The Labute approximate surface area is 320 Å². The Morgan fingerprint density at radius 3 is 1.96 bits per heavy atom. The van der Waals surface area contributed by atoms with Gasteiger partial charge in [0, 0.05) is 83.4 Å². The number of nitrogens with one attached hydrogen (secondary N) is 4. The second-order valence-corrected chi connectivity index (χ2v) is 16.3. The van der Waals surface area contributed by atoms with E-state index >= 15 is 0 Å². The molecule has 0 aliphatic carbocycles. The molecule has 2 aromatic rings. The normalized spacial score (nSPS) is 26.2. The molecule has 6 aliphatic heterocycles. The molecule has 0 spiro atoms. The van der Waals surface area contributed by atoms with Crippen LogP contribution in [0.15, 0.2) is 21.2 Å². The number of fused-ring (bicyclic) bond motifs is 4. The highest BCUT2D eigenvalue weighted by molar-refractivity contribution is 7.80. The van der Waals surface area contributed by atoms with Crippen molar-refractivity contribution in [3.8, 4) is 0 Å². The SMILES string of the molecule is CN1C(=O)N2C[C@H]1CC[C@H]2c1cc(CCNC2CCN(C(=N)N)CC2)on1.O=C1N2C[C@@H](CC[C@H]2c2cc(CCNC3CCNCC3)on2)N1OS(=O)(=O)O. The van der Waals surface area contributed by atoms with Crippen LogP contribution in [0, 0.1) is 5.41 Å². The third-order valence-corrected chi connectivity index (χ3v) is 12.1. The predicted octanol–water partition coefficient (Wildman–Crippen LogP) is 0.970. The highest BCUT2D eigenvalue weighted by Crippen LogP contribution is 2.39. The number of hydrogen-bond acceptors (Lipinski definition) is 13. The summed E-state index contributed by atoms with van der Waals surface area (Å²) in [6.45, 7) is 6.48. The Kier molecular flexibility index (Phi) is 12.1. The van der Waals surface area contributed by atoms with E-state index in [0.717, 1.165) is 113 Å². The molecule has 4 amide bonds. The second kappa shape index (κ2) is 17.0. The Morgan fingerprint density at radius 1 is 0.873 bits per heavy atom. The van der Waals surface area contributed by atoms with Crippen molar-refractivity contribution >= 4 is 28.4 Å². The summed E-state index contributed by atoms with van der Waals surface area (Å²) >= 11 is 0. The number of amides is 4. The number of aromatic nitrogens is 2. The maximum absolute atomic E-state index is 12.5. The van der Waals surface area contributed by atoms with Crippen molar-refractivity contribution in [3.63, 3.8) is 0 Å². The molecule has 20 nitrogen and oxygen atoms in total. The first-order valence-corrected chi connectivity index (χ1v) is 20.8. The molecule has 6 saturated heterocycles. The summed E-state index contributed by atoms with van der Waals surface area (Å²) in [6, 6.07) is 4.03. The van der Waals surface area contributed by atoms with Gasteiger partial charge in [-0.2, -0.15) is 13.5 Å². The minimum absolute atomic E-state index is 0.0417. The van der Waals surface area contributed by atoms with Crippen LogP contribution >= 0.6 is 0 Å². The van der Waals surface area contributed by atoms with Gasteiger partial charge < -0.3 is 50.3 Å². The first-order valence-electron chi connectivity index (χ1n) is 19.4. The predicted molar refractivity (Wildman–Crippen MR) is 197 cm³/mol. The number of hydroxylamine groups is 2. The average molecular weight is 791 g/mol. The van der Waals surface area contributed by atoms with Crippen LogP contribution in [0.25, 0.3) is 0 Å². The largest absolute Gasteiger partial charge is 0.418 e. The topological polar surface area (TPSA) is 252 Å². The van der Waals surface area contributed by atoms with Crippen LogP contribution in [0.4, 0.5) is 9.59 Å². The fraction of sp³-hybridized carbons (Fsp3) is 0.735. The molecule has 21 heteroatoms. The zero-order chi connectivity index (χ0) is 38.7. The number of carbonyl (C=O) groups excluding carboxylic acids is 2. The quantitative estimate of drug-likeness (QED) is 0.0996. The van der Waals surface area contributed by atoms with Crippen LogP contribution in [-0.4, -0.2) is 150 Å². The number of rotatable bonds is 12. The summed E-state index contributed by atoms with van der Waals surface area (Å²) in [5.74, 6) is 1.77. The van der Waals surface area contributed by atoms with E-state index < -0.39 is 22.5 Å². The number of carbonyl (C=O) groups is 2. The molecular formula is C34H54N12O8S. The Hall–Kier alpha value is -4.02. The summed E-state index contributed by atoms with van der Waals surface area (Å²) in [7, 11) is -2.86. The van der Waals surface area contributed by atoms with Crippen LogP contribution in [-0.2, 0) is 27.5 Å². The molecule has 0 radical (unpaired) electrons. The van der Waals surface area contributed by atoms with Crippen molar-refractivity contribution in [1.82, 2.24) is 50.9 Å². The van der Waals surface area contributed by atoms with Crippen LogP contribution in [0.2, 0.25) is 0 Å². The molecule has 2 aromatic heterocycles. The van der Waals surface area contributed by atoms with Crippen molar-refractivity contribution in [3.05, 3.63) is 35.0 Å². The molecule has 7 N–H and O–H groups in total. The Bertz CT molecular complexity index is 1760. The van der Waals surface area contributed by atoms with Crippen molar-refractivity contribution in [2.24, 2.45) is 5.73 Å². The number of hydrogen-bond donors (Lipinski definition) is 6. The molecule has 4 bridgehead atoms. The van der Waals surface area contributed by atoms with Crippen LogP contribution in [0.5, 0.6) is 0 Å². The molecule has 6 fully saturated rings. The number of likely N-dealkylation sites (tertiary alicyclic amines) is 1. The van der Waals surface area contributed by atoms with Gasteiger partial charge in [0.05, 0.1) is 24.2 Å². The van der Waals surface area contributed by atoms with Gasteiger partial charge in [-0.05, 0) is 64.5 Å². The van der Waals surface area contributed by atoms with Crippen molar-refractivity contribution in [1.29, 1.82) is 5.41 Å². The summed E-state index contributed by atoms with van der Waals surface area (Å²) in [5.41, 5.74) is 7.06. The van der Waals surface area contributed by atoms with E-state index in [9.17, 15) is 18.0 Å². The van der Waals surface area contributed by atoms with Gasteiger partial charge in [-0.25, -0.2) is 9.59 Å². The maximum atomic E-state index is 12.5. The fourth-order valence-corrected chi connectivity index (χ4v) is 9.03. The third kappa shape index (κ3) is 9.34. The second-order valence-electron chi connectivity index (χ2n) is 15.3. The highest BCUT2D eigenvalue weighted by atomic mass is 32.3. The zero-order valence-corrected chi connectivity index (χ0v) is 32.1. The smallest absolute Gasteiger partial charge is 0.370 e. The molecule has 55 heavy (non-hydrogen) atoms. The van der Waals surface area contributed by atoms with E-state index in [1.165, 1.54) is 4.90 Å². The minimum Gasteiger partial charge on any atom is -0.370 e. The Morgan fingerprint density at radius 2 is 1.40 bits per heavy atom. The molecule has 6 aliphatic rings. The molecule has 4 atom stereocenters. The molecular weight excluding hydrogens is 737 g/mol. The zero-order valence-electron chi connectivity index (χ0n) is 31.3. The number of guanidine groups is 1. The number of piperidine rings is 4. The first kappa shape index (κ1) is 39.2. The fourth-order valence-electron chi connectivity index (χ4n) is 8.64. The van der Waals surface area contributed by atoms with Crippen molar-refractivity contribution in [2.75, 3.05) is 59.4 Å². The number of urea groups is 2. The lowest BCUT2D eigenvalue weighted by Crippen LogP contribution is -2.47. The lowest BCUT2D eigenvalue weighted by Gasteiger charge is -2.32. The molecule has 8 heterocycles. The van der Waals surface area contributed by atoms with Crippen molar-refractivity contribution < 1.29 is 35.9 Å². The minimum atomic E-state index is -4.74. The van der Waals surface area contributed by atoms with Gasteiger partial charge in [-0.15, -0.1) is 4.28 Å². The van der Waals surface area contributed by atoms with Gasteiger partial charge in [0.2, 0.25) is 0 Å². The molecule has 0 aromatic carbocycles. The molecule has 8 rings (SSSR count). The summed E-state index contributed by atoms with van der Waals surface area (Å²) < 4.78 is 46.2. The van der Waals surface area contributed by atoms with Crippen molar-refractivity contribution in [2.45, 2.75) is 100 Å². The van der Waals surface area contributed by atoms with Gasteiger partial charge >= 0.3 is 22.5 Å². The highest BCUT2D eigenvalue weighted by Gasteiger charge is 2.48. The standard InChI is InChI=1S/C18H29N7O2.C16H25N5O6S/c1-23-13-2-3-16(25(11-13)18(23)26)15-10-14(27-22-15)4-7-21-12-5-8-24(9-6-12)17(19)20;22-16-20-10-12(21(16)27-28(23,24)25)1-2-15(20)14-9-13(26-19-14)5-8-18-11-3-6-17-7-4-11/h10,12-13,16,21H,2-9,11H2,1H3,(H3,19,20);9,11-12,15,17-18H,1-8,10H2,(H,23,24,25)/t13-,16+;12-,15+/m11/s1. The number of nitrogens with zero attached hydrogens (tertiary/aromatic N) is 7. The lowest BCUT2D eigenvalue weighted by molar-refractivity contribution is -0.0317. The maximum Gasteiger partial charge on any atom is 0.418 e. The molecule has 304 valence electrons. The van der Waals surface area contributed by atoms with Crippen LogP contribution < -0.4 is 21.7 Å². The van der Waals surface area contributed by atoms with Gasteiger partial charge in [-0.3, -0.25) is 9.96 Å². The summed E-state index contributed by atoms with van der Waals surface area (Å²) in [5, 5.41) is 27.0. The third-order valence-electron chi connectivity index (χ3n) is 11.8. The van der Waals surface area contributed by atoms with E-state index in [-0.39, 0.29) is 24.1 Å². The van der Waals surface area contributed by atoms with Gasteiger partial charge in [0.1, 0.15) is 22.9 Å². The van der Waals surface area contributed by atoms with E-state index in [4.69, 9.17) is 24.7 Å². The lowest BCUT2D eigenvalue weighted by atomic mass is 9.98. The molecule has 0 saturated carbocycles.